The summed E-state index contributed by atoms with van der Waals surface area (Å²) < 4.78 is 0. The van der Waals surface area contributed by atoms with Gasteiger partial charge in [0.25, 0.3) is 11.8 Å². The van der Waals surface area contributed by atoms with Crippen LogP contribution in [-0.4, -0.2) is 52.6 Å². The number of aliphatic hydroxyl groups excluding tert-OH is 1. The predicted octanol–water partition coefficient (Wildman–Crippen LogP) is 3.81. The summed E-state index contributed by atoms with van der Waals surface area (Å²) in [5, 5.41) is 20.1. The number of hydrogen-bond donors (Lipinski definition) is 2. The summed E-state index contributed by atoms with van der Waals surface area (Å²) in [6.45, 7) is 6.64. The van der Waals surface area contributed by atoms with Crippen molar-refractivity contribution in [1.29, 1.82) is 0 Å². The number of carboxylic acids is 1. The molecule has 1 aromatic carbocycles. The van der Waals surface area contributed by atoms with Gasteiger partial charge in [0, 0.05) is 42.4 Å². The highest BCUT2D eigenvalue weighted by atomic mass is 32.1. The van der Waals surface area contributed by atoms with Gasteiger partial charge in [-0.05, 0) is 42.0 Å². The number of rotatable bonds is 13. The molecule has 1 unspecified atom stereocenters. The van der Waals surface area contributed by atoms with Crippen LogP contribution in [0.3, 0.4) is 0 Å². The number of anilines is 1. The maximum atomic E-state index is 13.8. The smallest absolute Gasteiger partial charge is 0.328 e. The minimum Gasteiger partial charge on any atom is -0.478 e. The Morgan fingerprint density at radius 2 is 1.88 bits per heavy atom. The number of aliphatic carboxylic acids is 1. The van der Waals surface area contributed by atoms with Crippen molar-refractivity contribution < 1.29 is 24.6 Å². The van der Waals surface area contributed by atoms with E-state index in [1.54, 1.807) is 41.3 Å². The van der Waals surface area contributed by atoms with Gasteiger partial charge in [0.1, 0.15) is 0 Å². The number of amides is 2. The van der Waals surface area contributed by atoms with Gasteiger partial charge in [-0.1, -0.05) is 37.6 Å². The third kappa shape index (κ3) is 7.40. The molecule has 7 nitrogen and oxygen atoms in total. The largest absolute Gasteiger partial charge is 0.478 e. The molecule has 2 N–H and O–H groups in total. The van der Waals surface area contributed by atoms with E-state index in [4.69, 9.17) is 5.11 Å². The monoisotopic (exact) mass is 470 g/mol. The first-order valence-corrected chi connectivity index (χ1v) is 11.7. The Morgan fingerprint density at radius 1 is 1.15 bits per heavy atom. The van der Waals surface area contributed by atoms with Crippen molar-refractivity contribution in [3.8, 4) is 0 Å². The summed E-state index contributed by atoms with van der Waals surface area (Å²) in [5.74, 6) is -2.13. The van der Waals surface area contributed by atoms with E-state index in [0.29, 0.717) is 30.1 Å². The minimum atomic E-state index is -1.25. The molecule has 33 heavy (non-hydrogen) atoms. The highest BCUT2D eigenvalue weighted by molar-refractivity contribution is 7.10. The van der Waals surface area contributed by atoms with Crippen LogP contribution in [-0.2, 0) is 20.8 Å². The van der Waals surface area contributed by atoms with Crippen LogP contribution in [0.1, 0.15) is 36.2 Å². The fraction of sp³-hybridized carbons (Fsp3) is 0.320. The number of benzene rings is 1. The van der Waals surface area contributed by atoms with Crippen LogP contribution in [0.5, 0.6) is 0 Å². The number of carbonyl (C=O) groups is 3. The Morgan fingerprint density at radius 3 is 2.42 bits per heavy atom. The number of carboxylic acid groups (broad SMARTS) is 1. The maximum Gasteiger partial charge on any atom is 0.328 e. The molecule has 1 aromatic heterocycles. The van der Waals surface area contributed by atoms with E-state index in [1.807, 2.05) is 18.4 Å². The second-order valence-corrected chi connectivity index (χ2v) is 8.34. The standard InChI is InChI=1S/C25H30N2O5S/c1-3-5-16-26(15-4-2)25(32)24(21-7-6-18-33-21)27(22(29)12-13-23(30)31)20-10-8-19(9-11-20)14-17-28/h4,6-13,18,24,28H,2-3,5,14-17H2,1H3,(H,30,31)/b13-12-. The zero-order valence-electron chi connectivity index (χ0n) is 18.7. The molecule has 1 atom stereocenters. The molecular formula is C25H30N2O5S. The van der Waals surface area contributed by atoms with Crippen molar-refractivity contribution in [3.63, 3.8) is 0 Å². The first-order chi connectivity index (χ1) is 15.9. The Bertz CT molecular complexity index is 954. The zero-order valence-corrected chi connectivity index (χ0v) is 19.5. The second-order valence-electron chi connectivity index (χ2n) is 7.36. The normalized spacial score (nSPS) is 11.8. The summed E-state index contributed by atoms with van der Waals surface area (Å²) in [4.78, 5) is 41.8. The highest BCUT2D eigenvalue weighted by Crippen LogP contribution is 2.32. The van der Waals surface area contributed by atoms with Crippen LogP contribution >= 0.6 is 11.3 Å². The van der Waals surface area contributed by atoms with E-state index in [2.05, 4.69) is 6.58 Å². The molecule has 2 amide bonds. The first-order valence-electron chi connectivity index (χ1n) is 10.8. The number of nitrogens with zero attached hydrogens (tertiary/aromatic N) is 2. The van der Waals surface area contributed by atoms with Gasteiger partial charge in [-0.3, -0.25) is 14.5 Å². The van der Waals surface area contributed by atoms with Gasteiger partial charge in [0.2, 0.25) is 0 Å². The number of thiophene rings is 1. The fourth-order valence-corrected chi connectivity index (χ4v) is 4.16. The summed E-state index contributed by atoms with van der Waals surface area (Å²) in [6, 6.07) is 9.61. The van der Waals surface area contributed by atoms with Gasteiger partial charge in [0.15, 0.2) is 6.04 Å². The van der Waals surface area contributed by atoms with E-state index in [9.17, 15) is 19.5 Å². The number of aliphatic hydroxyl groups is 1. The van der Waals surface area contributed by atoms with Gasteiger partial charge in [-0.25, -0.2) is 4.79 Å². The van der Waals surface area contributed by atoms with Crippen LogP contribution in [0, 0.1) is 0 Å². The molecule has 0 aliphatic carbocycles. The molecule has 0 saturated carbocycles. The molecule has 2 aromatic rings. The Hall–Kier alpha value is -3.23. The van der Waals surface area contributed by atoms with Crippen molar-refractivity contribution in [1.82, 2.24) is 4.90 Å². The molecule has 0 spiro atoms. The van der Waals surface area contributed by atoms with Gasteiger partial charge in [-0.2, -0.15) is 0 Å². The van der Waals surface area contributed by atoms with E-state index >= 15 is 0 Å². The quantitative estimate of drug-likeness (QED) is 0.343. The Labute approximate surface area is 198 Å². The third-order valence-corrected chi connectivity index (χ3v) is 5.89. The van der Waals surface area contributed by atoms with Gasteiger partial charge in [-0.15, -0.1) is 17.9 Å². The van der Waals surface area contributed by atoms with Gasteiger partial charge >= 0.3 is 5.97 Å². The highest BCUT2D eigenvalue weighted by Gasteiger charge is 2.35. The summed E-state index contributed by atoms with van der Waals surface area (Å²) >= 11 is 1.35. The summed E-state index contributed by atoms with van der Waals surface area (Å²) in [7, 11) is 0. The number of hydrogen-bond acceptors (Lipinski definition) is 5. The van der Waals surface area contributed by atoms with Crippen LogP contribution < -0.4 is 4.90 Å². The molecule has 0 aliphatic rings. The topological polar surface area (TPSA) is 98.2 Å². The lowest BCUT2D eigenvalue weighted by atomic mass is 10.1. The first kappa shape index (κ1) is 26.0. The van der Waals surface area contributed by atoms with Gasteiger partial charge < -0.3 is 15.1 Å². The van der Waals surface area contributed by atoms with Crippen molar-refractivity contribution in [2.75, 3.05) is 24.6 Å². The van der Waals surface area contributed by atoms with E-state index < -0.39 is 17.9 Å². The minimum absolute atomic E-state index is 0.00636. The van der Waals surface area contributed by atoms with Crippen molar-refractivity contribution >= 4 is 34.8 Å². The van der Waals surface area contributed by atoms with Crippen molar-refractivity contribution in [2.45, 2.75) is 32.2 Å². The molecule has 0 fully saturated rings. The lowest BCUT2D eigenvalue weighted by Crippen LogP contribution is -2.45. The van der Waals surface area contributed by atoms with Gasteiger partial charge in [0.05, 0.1) is 0 Å². The molecule has 0 bridgehead atoms. The van der Waals surface area contributed by atoms with Crippen molar-refractivity contribution in [2.24, 2.45) is 0 Å². The van der Waals surface area contributed by atoms with Crippen LogP contribution in [0.4, 0.5) is 5.69 Å². The molecule has 8 heteroatoms. The van der Waals surface area contributed by atoms with Crippen LogP contribution in [0.25, 0.3) is 0 Å². The Kier molecular flexibility index (Phi) is 10.5. The third-order valence-electron chi connectivity index (χ3n) is 4.97. The molecule has 0 radical (unpaired) electrons. The van der Waals surface area contributed by atoms with Crippen molar-refractivity contribution in [3.05, 3.63) is 77.0 Å². The molecule has 1 heterocycles. The summed E-state index contributed by atoms with van der Waals surface area (Å²) in [5.41, 5.74) is 1.34. The fourth-order valence-electron chi connectivity index (χ4n) is 3.35. The molecule has 0 aliphatic heterocycles. The van der Waals surface area contributed by atoms with Crippen LogP contribution in [0.2, 0.25) is 0 Å². The molecular weight excluding hydrogens is 440 g/mol. The number of carbonyl (C=O) groups excluding carboxylic acids is 2. The zero-order chi connectivity index (χ0) is 24.2. The lowest BCUT2D eigenvalue weighted by molar-refractivity contribution is -0.133. The van der Waals surface area contributed by atoms with E-state index in [-0.39, 0.29) is 12.5 Å². The van der Waals surface area contributed by atoms with E-state index in [1.165, 1.54) is 16.2 Å². The maximum absolute atomic E-state index is 13.8. The van der Waals surface area contributed by atoms with E-state index in [0.717, 1.165) is 30.6 Å². The summed E-state index contributed by atoms with van der Waals surface area (Å²) in [6.07, 6.45) is 5.55. The predicted molar refractivity (Wildman–Crippen MR) is 130 cm³/mol. The van der Waals surface area contributed by atoms with Crippen LogP contribution in [0.15, 0.2) is 66.6 Å². The Balaban J connectivity index is 2.58. The molecule has 176 valence electrons. The SMILES string of the molecule is C=CCN(CCCC)C(=O)C(c1cccs1)N(C(=O)/C=C\C(=O)O)c1ccc(CCO)cc1. The molecule has 0 saturated heterocycles. The lowest BCUT2D eigenvalue weighted by Gasteiger charge is -2.34. The second kappa shape index (κ2) is 13.3. The average molecular weight is 471 g/mol. The average Bonchev–Trinajstić information content (AvgIpc) is 3.33. The molecule has 2 rings (SSSR count). The number of unbranched alkanes of at least 4 members (excludes halogenated alkanes) is 1.